The minimum absolute atomic E-state index is 1.19. The van der Waals surface area contributed by atoms with Crippen molar-refractivity contribution in [1.82, 2.24) is 0 Å². The van der Waals surface area contributed by atoms with Gasteiger partial charge in [0.2, 0.25) is 0 Å². The molecule has 70 valence electrons. The molecule has 0 saturated carbocycles. The highest BCUT2D eigenvalue weighted by Crippen LogP contribution is 2.41. The molecule has 0 nitrogen and oxygen atoms in total. The number of benzene rings is 1. The van der Waals surface area contributed by atoms with Crippen LogP contribution in [0.2, 0.25) is 0 Å². The fraction of sp³-hybridized carbons (Fsp3) is 0.286. The minimum Gasteiger partial charge on any atom is -0.0807 e. The summed E-state index contributed by atoms with van der Waals surface area (Å²) in [7, 11) is 0. The SMILES string of the molecule is CC1=CCCC2=C1c1ccccc1C2. The zero-order valence-electron chi connectivity index (χ0n) is 8.51. The summed E-state index contributed by atoms with van der Waals surface area (Å²) in [6.07, 6.45) is 6.07. The number of allylic oxidation sites excluding steroid dienone is 4. The summed E-state index contributed by atoms with van der Waals surface area (Å²) < 4.78 is 0. The van der Waals surface area contributed by atoms with Crippen molar-refractivity contribution in [3.8, 4) is 0 Å². The predicted molar refractivity (Wildman–Crippen MR) is 60.1 cm³/mol. The van der Waals surface area contributed by atoms with Gasteiger partial charge in [-0.15, -0.1) is 0 Å². The number of hydrogen-bond donors (Lipinski definition) is 0. The second-order valence-electron chi connectivity index (χ2n) is 4.24. The van der Waals surface area contributed by atoms with Gasteiger partial charge < -0.3 is 0 Å². The van der Waals surface area contributed by atoms with Crippen LogP contribution in [0.5, 0.6) is 0 Å². The van der Waals surface area contributed by atoms with Gasteiger partial charge in [0.25, 0.3) is 0 Å². The Kier molecular flexibility index (Phi) is 1.63. The average molecular weight is 182 g/mol. The van der Waals surface area contributed by atoms with Crippen molar-refractivity contribution < 1.29 is 0 Å². The third kappa shape index (κ3) is 1.00. The lowest BCUT2D eigenvalue weighted by atomic mass is 9.92. The minimum atomic E-state index is 1.19. The standard InChI is InChI=1S/C14H14/c1-10-5-4-7-12-9-11-6-2-3-8-13(11)14(10)12/h2-3,5-6,8H,4,7,9H2,1H3. The van der Waals surface area contributed by atoms with E-state index in [-0.39, 0.29) is 0 Å². The second kappa shape index (κ2) is 2.84. The fourth-order valence-corrected chi connectivity index (χ4v) is 2.70. The van der Waals surface area contributed by atoms with E-state index in [1.807, 2.05) is 0 Å². The van der Waals surface area contributed by atoms with E-state index in [1.54, 1.807) is 11.1 Å². The average Bonchev–Trinajstić information content (AvgIpc) is 2.57. The van der Waals surface area contributed by atoms with Gasteiger partial charge in [-0.3, -0.25) is 0 Å². The second-order valence-corrected chi connectivity index (χ2v) is 4.24. The lowest BCUT2D eigenvalue weighted by Crippen LogP contribution is -1.93. The molecule has 0 aliphatic heterocycles. The van der Waals surface area contributed by atoms with Crippen molar-refractivity contribution in [2.45, 2.75) is 26.2 Å². The molecule has 0 atom stereocenters. The molecular weight excluding hydrogens is 168 g/mol. The van der Waals surface area contributed by atoms with Crippen LogP contribution in [-0.4, -0.2) is 0 Å². The van der Waals surface area contributed by atoms with Gasteiger partial charge in [0.15, 0.2) is 0 Å². The first-order chi connectivity index (χ1) is 6.86. The predicted octanol–water partition coefficient (Wildman–Crippen LogP) is 3.74. The van der Waals surface area contributed by atoms with Gasteiger partial charge in [-0.25, -0.2) is 0 Å². The number of hydrogen-bond acceptors (Lipinski definition) is 0. The van der Waals surface area contributed by atoms with E-state index in [1.165, 1.54) is 36.0 Å². The van der Waals surface area contributed by atoms with E-state index in [0.29, 0.717) is 0 Å². The van der Waals surface area contributed by atoms with Gasteiger partial charge in [0.1, 0.15) is 0 Å². The van der Waals surface area contributed by atoms with Gasteiger partial charge in [0.05, 0.1) is 0 Å². The molecule has 2 aliphatic rings. The molecule has 1 aromatic carbocycles. The first-order valence-corrected chi connectivity index (χ1v) is 5.33. The normalized spacial score (nSPS) is 19.1. The molecule has 3 rings (SSSR count). The van der Waals surface area contributed by atoms with Crippen molar-refractivity contribution in [2.24, 2.45) is 0 Å². The van der Waals surface area contributed by atoms with E-state index >= 15 is 0 Å². The largest absolute Gasteiger partial charge is 0.0807 e. The Morgan fingerprint density at radius 1 is 1.14 bits per heavy atom. The third-order valence-electron chi connectivity index (χ3n) is 3.34. The Hall–Kier alpha value is -1.30. The van der Waals surface area contributed by atoms with Crippen LogP contribution < -0.4 is 0 Å². The Balaban J connectivity index is 2.20. The number of rotatable bonds is 0. The lowest BCUT2D eigenvalue weighted by molar-refractivity contribution is 0.925. The topological polar surface area (TPSA) is 0 Å². The molecule has 14 heavy (non-hydrogen) atoms. The van der Waals surface area contributed by atoms with Gasteiger partial charge in [-0.05, 0) is 48.5 Å². The van der Waals surface area contributed by atoms with Crippen LogP contribution in [0.3, 0.4) is 0 Å². The highest BCUT2D eigenvalue weighted by atomic mass is 14.3. The summed E-state index contributed by atoms with van der Waals surface area (Å²) in [5.74, 6) is 0. The van der Waals surface area contributed by atoms with Crippen LogP contribution in [0.1, 0.15) is 30.9 Å². The van der Waals surface area contributed by atoms with Crippen LogP contribution >= 0.6 is 0 Å². The van der Waals surface area contributed by atoms with Crippen LogP contribution in [0, 0.1) is 0 Å². The summed E-state index contributed by atoms with van der Waals surface area (Å²) >= 11 is 0. The molecule has 1 aromatic rings. The Morgan fingerprint density at radius 3 is 2.93 bits per heavy atom. The summed E-state index contributed by atoms with van der Waals surface area (Å²) in [5.41, 5.74) is 7.69. The maximum atomic E-state index is 2.38. The molecule has 0 aromatic heterocycles. The van der Waals surface area contributed by atoms with Crippen LogP contribution in [0.4, 0.5) is 0 Å². The van der Waals surface area contributed by atoms with Crippen molar-refractivity contribution in [2.75, 3.05) is 0 Å². The molecule has 0 bridgehead atoms. The Bertz CT molecular complexity index is 447. The van der Waals surface area contributed by atoms with Crippen LogP contribution in [-0.2, 0) is 6.42 Å². The lowest BCUT2D eigenvalue weighted by Gasteiger charge is -2.13. The maximum Gasteiger partial charge on any atom is -0.00515 e. The zero-order chi connectivity index (χ0) is 9.54. The first-order valence-electron chi connectivity index (χ1n) is 5.33. The van der Waals surface area contributed by atoms with E-state index in [4.69, 9.17) is 0 Å². The van der Waals surface area contributed by atoms with E-state index in [0.717, 1.165) is 0 Å². The van der Waals surface area contributed by atoms with Gasteiger partial charge >= 0.3 is 0 Å². The molecule has 0 heteroatoms. The molecule has 2 aliphatic carbocycles. The zero-order valence-corrected chi connectivity index (χ0v) is 8.51. The summed E-state index contributed by atoms with van der Waals surface area (Å²) in [5, 5.41) is 0. The van der Waals surface area contributed by atoms with Crippen molar-refractivity contribution in [1.29, 1.82) is 0 Å². The van der Waals surface area contributed by atoms with E-state index in [2.05, 4.69) is 37.3 Å². The van der Waals surface area contributed by atoms with Gasteiger partial charge in [-0.1, -0.05) is 35.9 Å². The molecule has 0 unspecified atom stereocenters. The van der Waals surface area contributed by atoms with Crippen LogP contribution in [0.25, 0.3) is 5.57 Å². The molecule has 0 fully saturated rings. The highest BCUT2D eigenvalue weighted by molar-refractivity contribution is 5.87. The molecular formula is C14H14. The fourth-order valence-electron chi connectivity index (χ4n) is 2.70. The smallest absolute Gasteiger partial charge is 0.00515 e. The number of fused-ring (bicyclic) bond motifs is 2. The summed E-state index contributed by atoms with van der Waals surface area (Å²) in [4.78, 5) is 0. The van der Waals surface area contributed by atoms with Crippen LogP contribution in [0.15, 0.2) is 41.5 Å². The van der Waals surface area contributed by atoms with Gasteiger partial charge in [-0.2, -0.15) is 0 Å². The summed E-state index contributed by atoms with van der Waals surface area (Å²) in [6.45, 7) is 2.25. The van der Waals surface area contributed by atoms with Crippen molar-refractivity contribution in [3.05, 3.63) is 52.6 Å². The third-order valence-corrected chi connectivity index (χ3v) is 3.34. The van der Waals surface area contributed by atoms with E-state index < -0.39 is 0 Å². The quantitative estimate of drug-likeness (QED) is 0.573. The molecule has 0 spiro atoms. The van der Waals surface area contributed by atoms with Crippen molar-refractivity contribution in [3.63, 3.8) is 0 Å². The summed E-state index contributed by atoms with van der Waals surface area (Å²) in [6, 6.07) is 8.83. The molecule has 0 amide bonds. The highest BCUT2D eigenvalue weighted by Gasteiger charge is 2.23. The molecule has 0 heterocycles. The maximum absolute atomic E-state index is 2.38. The Morgan fingerprint density at radius 2 is 2.00 bits per heavy atom. The first kappa shape index (κ1) is 8.05. The molecule has 0 saturated heterocycles. The Labute approximate surface area is 85.0 Å². The van der Waals surface area contributed by atoms with E-state index in [9.17, 15) is 0 Å². The van der Waals surface area contributed by atoms with Gasteiger partial charge in [0, 0.05) is 0 Å². The monoisotopic (exact) mass is 182 g/mol. The van der Waals surface area contributed by atoms with Crippen molar-refractivity contribution >= 4 is 5.57 Å². The molecule has 0 N–H and O–H groups in total. The molecule has 0 radical (unpaired) electrons.